The molecule has 5 aromatic heterocycles. The smallest absolute Gasteiger partial charge is 0.365 e. The van der Waals surface area contributed by atoms with E-state index in [9.17, 15) is 31.5 Å². The van der Waals surface area contributed by atoms with Crippen LogP contribution >= 0.6 is 11.3 Å². The zero-order valence-corrected chi connectivity index (χ0v) is 22.8. The Balaban J connectivity index is 1.54. The minimum atomic E-state index is -4.77. The molecular formula is C26H21F5N8O2S. The zero-order chi connectivity index (χ0) is 30.1. The maximum Gasteiger partial charge on any atom is 0.433 e. The summed E-state index contributed by atoms with van der Waals surface area (Å²) < 4.78 is 71.4. The number of pyridine rings is 1. The fraction of sp³-hybridized carbons (Fsp3) is 0.308. The van der Waals surface area contributed by atoms with E-state index in [0.29, 0.717) is 46.5 Å². The van der Waals surface area contributed by atoms with E-state index < -0.39 is 35.8 Å². The SMILES string of the molecule is CCn1cc(-c2cc(C(F)F)nc3sc(C(N)=O)c(NC(=O)c4cnn5c(C(F)(F)F)cc(C6CC6)nc45)c23)c(C)n1. The number of aromatic nitrogens is 6. The molecule has 218 valence electrons. The van der Waals surface area contributed by atoms with Crippen molar-refractivity contribution in [1.29, 1.82) is 0 Å². The van der Waals surface area contributed by atoms with E-state index in [1.807, 2.05) is 6.92 Å². The van der Waals surface area contributed by atoms with E-state index in [2.05, 4.69) is 25.5 Å². The number of amides is 2. The Labute approximate surface area is 237 Å². The third kappa shape index (κ3) is 4.64. The van der Waals surface area contributed by atoms with Crippen molar-refractivity contribution in [3.63, 3.8) is 0 Å². The molecule has 5 heterocycles. The van der Waals surface area contributed by atoms with Crippen molar-refractivity contribution in [3.8, 4) is 11.1 Å². The number of fused-ring (bicyclic) bond motifs is 2. The summed E-state index contributed by atoms with van der Waals surface area (Å²) in [7, 11) is 0. The summed E-state index contributed by atoms with van der Waals surface area (Å²) in [4.78, 5) is 34.2. The van der Waals surface area contributed by atoms with Crippen LogP contribution in [0.2, 0.25) is 0 Å². The van der Waals surface area contributed by atoms with Gasteiger partial charge in [0.05, 0.1) is 17.6 Å². The maximum atomic E-state index is 13.9. The van der Waals surface area contributed by atoms with Crippen molar-refractivity contribution in [2.75, 3.05) is 5.32 Å². The summed E-state index contributed by atoms with van der Waals surface area (Å²) in [6, 6.07) is 2.08. The first-order valence-electron chi connectivity index (χ1n) is 12.7. The monoisotopic (exact) mass is 604 g/mol. The lowest BCUT2D eigenvalue weighted by Crippen LogP contribution is -2.18. The van der Waals surface area contributed by atoms with Gasteiger partial charge in [-0.3, -0.25) is 14.3 Å². The second-order valence-corrected chi connectivity index (χ2v) is 10.8. The van der Waals surface area contributed by atoms with Crippen LogP contribution in [0, 0.1) is 6.92 Å². The molecule has 0 spiro atoms. The first-order chi connectivity index (χ1) is 19.9. The number of aryl methyl sites for hydroxylation is 2. The highest BCUT2D eigenvalue weighted by molar-refractivity contribution is 7.21. The number of nitrogens with two attached hydrogens (primary N) is 1. The minimum absolute atomic E-state index is 0.00362. The van der Waals surface area contributed by atoms with Crippen molar-refractivity contribution >= 4 is 44.7 Å². The lowest BCUT2D eigenvalue weighted by Gasteiger charge is -2.12. The van der Waals surface area contributed by atoms with Crippen LogP contribution in [0.1, 0.15) is 74.9 Å². The van der Waals surface area contributed by atoms with Crippen LogP contribution in [0.15, 0.2) is 24.5 Å². The zero-order valence-electron chi connectivity index (χ0n) is 22.0. The number of carbonyl (C=O) groups excluding carboxylic acids is 2. The molecule has 42 heavy (non-hydrogen) atoms. The second-order valence-electron chi connectivity index (χ2n) is 9.82. The highest BCUT2D eigenvalue weighted by Crippen LogP contribution is 2.44. The molecule has 16 heteroatoms. The molecule has 0 atom stereocenters. The second kappa shape index (κ2) is 9.82. The Morgan fingerprint density at radius 1 is 1.19 bits per heavy atom. The Hall–Kier alpha value is -4.47. The molecule has 0 bridgehead atoms. The number of alkyl halides is 5. The average Bonchev–Trinajstić information content (AvgIpc) is 3.42. The van der Waals surface area contributed by atoms with Crippen LogP contribution < -0.4 is 11.1 Å². The van der Waals surface area contributed by atoms with E-state index in [1.54, 1.807) is 17.8 Å². The molecule has 6 rings (SSSR count). The summed E-state index contributed by atoms with van der Waals surface area (Å²) in [6.45, 7) is 4.00. The molecule has 1 saturated carbocycles. The molecule has 10 nitrogen and oxygen atoms in total. The van der Waals surface area contributed by atoms with Crippen LogP contribution in [-0.4, -0.2) is 41.2 Å². The molecule has 1 fully saturated rings. The van der Waals surface area contributed by atoms with E-state index in [1.165, 1.54) is 0 Å². The number of hydrogen-bond acceptors (Lipinski definition) is 7. The Kier molecular flexibility index (Phi) is 6.47. The van der Waals surface area contributed by atoms with Gasteiger partial charge in [-0.25, -0.2) is 23.3 Å². The van der Waals surface area contributed by atoms with Crippen molar-refractivity contribution in [2.45, 2.75) is 51.8 Å². The molecule has 1 aliphatic rings. The standard InChI is InChI=1S/C26H21F5N8O2S/c1-3-38-9-14(10(2)37-38)12-6-16(21(27)28)35-25-18(12)19(20(42-25)22(32)40)36-24(41)13-8-33-39-17(26(29,30)31)7-15(11-4-5-11)34-23(13)39/h6-9,11,21H,3-5H2,1-2H3,(H2,32,40)(H,36,41). The Morgan fingerprint density at radius 2 is 1.93 bits per heavy atom. The Bertz CT molecular complexity index is 1900. The van der Waals surface area contributed by atoms with Crippen LogP contribution in [0.5, 0.6) is 0 Å². The number of halogens is 5. The molecule has 5 aromatic rings. The fourth-order valence-electron chi connectivity index (χ4n) is 4.79. The lowest BCUT2D eigenvalue weighted by molar-refractivity contribution is -0.142. The molecule has 3 N–H and O–H groups in total. The van der Waals surface area contributed by atoms with E-state index in [-0.39, 0.29) is 49.2 Å². The highest BCUT2D eigenvalue weighted by atomic mass is 32.1. The van der Waals surface area contributed by atoms with Crippen molar-refractivity contribution in [1.82, 2.24) is 29.4 Å². The number of nitrogens with zero attached hydrogens (tertiary/aromatic N) is 6. The number of hydrogen-bond donors (Lipinski definition) is 2. The van der Waals surface area contributed by atoms with E-state index in [0.717, 1.165) is 18.3 Å². The third-order valence-electron chi connectivity index (χ3n) is 6.95. The normalized spacial score (nSPS) is 13.9. The molecule has 0 radical (unpaired) electrons. The largest absolute Gasteiger partial charge is 0.433 e. The molecule has 0 aromatic carbocycles. The van der Waals surface area contributed by atoms with Gasteiger partial charge < -0.3 is 11.1 Å². The number of anilines is 1. The van der Waals surface area contributed by atoms with Gasteiger partial charge in [-0.05, 0) is 44.4 Å². The topological polar surface area (TPSA) is 133 Å². The van der Waals surface area contributed by atoms with E-state index >= 15 is 0 Å². The average molecular weight is 605 g/mol. The van der Waals surface area contributed by atoms with Crippen molar-refractivity contribution in [2.24, 2.45) is 5.73 Å². The summed E-state index contributed by atoms with van der Waals surface area (Å²) in [5, 5.41) is 10.9. The van der Waals surface area contributed by atoms with Crippen molar-refractivity contribution in [3.05, 3.63) is 57.7 Å². The predicted octanol–water partition coefficient (Wildman–Crippen LogP) is 5.72. The van der Waals surface area contributed by atoms with Gasteiger partial charge in [0.1, 0.15) is 26.7 Å². The van der Waals surface area contributed by atoms with Gasteiger partial charge in [0.25, 0.3) is 18.2 Å². The maximum absolute atomic E-state index is 13.9. The van der Waals surface area contributed by atoms with Gasteiger partial charge in [0.15, 0.2) is 5.65 Å². The number of carbonyl (C=O) groups is 2. The molecule has 2 amide bonds. The minimum Gasteiger partial charge on any atom is -0.365 e. The van der Waals surface area contributed by atoms with E-state index in [4.69, 9.17) is 5.73 Å². The van der Waals surface area contributed by atoms with Gasteiger partial charge in [-0.2, -0.15) is 23.4 Å². The third-order valence-corrected chi connectivity index (χ3v) is 8.05. The van der Waals surface area contributed by atoms with Gasteiger partial charge >= 0.3 is 6.18 Å². The van der Waals surface area contributed by atoms with Crippen molar-refractivity contribution < 1.29 is 31.5 Å². The summed E-state index contributed by atoms with van der Waals surface area (Å²) in [6.07, 6.45) is -3.78. The molecule has 0 unspecified atom stereocenters. The number of nitrogens with one attached hydrogen (secondary N) is 1. The summed E-state index contributed by atoms with van der Waals surface area (Å²) >= 11 is 0.708. The van der Waals surface area contributed by atoms with Gasteiger partial charge in [-0.15, -0.1) is 11.3 Å². The first-order valence-corrected chi connectivity index (χ1v) is 13.6. The van der Waals surface area contributed by atoms with Gasteiger partial charge in [0, 0.05) is 35.3 Å². The molecular weight excluding hydrogens is 583 g/mol. The summed E-state index contributed by atoms with van der Waals surface area (Å²) in [5.41, 5.74) is 4.61. The molecule has 1 aliphatic carbocycles. The van der Waals surface area contributed by atoms with Crippen LogP contribution in [-0.2, 0) is 12.7 Å². The number of rotatable bonds is 7. The fourth-order valence-corrected chi connectivity index (χ4v) is 5.81. The van der Waals surface area contributed by atoms with Gasteiger partial charge in [0.2, 0.25) is 0 Å². The van der Waals surface area contributed by atoms with Gasteiger partial charge in [-0.1, -0.05) is 0 Å². The van der Waals surface area contributed by atoms with Crippen LogP contribution in [0.25, 0.3) is 27.0 Å². The van der Waals surface area contributed by atoms with Crippen LogP contribution in [0.4, 0.5) is 27.6 Å². The van der Waals surface area contributed by atoms with Crippen LogP contribution in [0.3, 0.4) is 0 Å². The first kappa shape index (κ1) is 27.7. The molecule has 0 aliphatic heterocycles. The number of thiophene rings is 1. The predicted molar refractivity (Wildman–Crippen MR) is 143 cm³/mol. The quantitative estimate of drug-likeness (QED) is 0.229. The summed E-state index contributed by atoms with van der Waals surface area (Å²) in [5.74, 6) is -2.05. The lowest BCUT2D eigenvalue weighted by atomic mass is 10.0. The Morgan fingerprint density at radius 3 is 2.52 bits per heavy atom. The highest BCUT2D eigenvalue weighted by Gasteiger charge is 2.38. The number of primary amides is 1. The molecule has 0 saturated heterocycles.